The van der Waals surface area contributed by atoms with Gasteiger partial charge in [0.25, 0.3) is 5.91 Å². The van der Waals surface area contributed by atoms with Gasteiger partial charge in [-0.25, -0.2) is 0 Å². The second kappa shape index (κ2) is 8.11. The summed E-state index contributed by atoms with van der Waals surface area (Å²) in [6, 6.07) is 20.1. The Morgan fingerprint density at radius 1 is 1.04 bits per heavy atom. The van der Waals surface area contributed by atoms with E-state index >= 15 is 0 Å². The first-order chi connectivity index (χ1) is 11.7. The van der Waals surface area contributed by atoms with Crippen molar-refractivity contribution in [3.05, 3.63) is 71.8 Å². The third-order valence-electron chi connectivity index (χ3n) is 4.88. The molecule has 2 aromatic carbocycles. The Morgan fingerprint density at radius 3 is 2.25 bits per heavy atom. The molecule has 0 N–H and O–H groups in total. The molecular weight excluding hydrogens is 296 g/mol. The van der Waals surface area contributed by atoms with Gasteiger partial charge >= 0.3 is 0 Å². The second-order valence-electron chi connectivity index (χ2n) is 6.64. The van der Waals surface area contributed by atoms with Crippen molar-refractivity contribution in [2.24, 2.45) is 0 Å². The third kappa shape index (κ3) is 4.24. The Labute approximate surface area is 144 Å². The zero-order chi connectivity index (χ0) is 16.8. The van der Waals surface area contributed by atoms with Crippen LogP contribution in [0.15, 0.2) is 60.7 Å². The number of likely N-dealkylation sites (N-methyl/N-ethyl adjacent to an activating group) is 1. The number of rotatable bonds is 7. The summed E-state index contributed by atoms with van der Waals surface area (Å²) in [6.45, 7) is 4.32. The Morgan fingerprint density at radius 2 is 1.67 bits per heavy atom. The van der Waals surface area contributed by atoms with Gasteiger partial charge in [-0.3, -0.25) is 4.79 Å². The average molecular weight is 322 g/mol. The number of hydrogen-bond donors (Lipinski definition) is 0. The van der Waals surface area contributed by atoms with Gasteiger partial charge in [-0.1, -0.05) is 48.5 Å². The summed E-state index contributed by atoms with van der Waals surface area (Å²) in [5.74, 6) is 0.477. The number of benzene rings is 2. The molecular formula is C21H26N2O. The van der Waals surface area contributed by atoms with Gasteiger partial charge < -0.3 is 9.80 Å². The zero-order valence-electron chi connectivity index (χ0n) is 14.4. The van der Waals surface area contributed by atoms with E-state index in [0.717, 1.165) is 25.1 Å². The fourth-order valence-corrected chi connectivity index (χ4v) is 3.25. The molecule has 0 aliphatic carbocycles. The lowest BCUT2D eigenvalue weighted by Gasteiger charge is -2.33. The molecule has 3 heteroatoms. The van der Waals surface area contributed by atoms with E-state index in [-0.39, 0.29) is 5.91 Å². The number of carbonyl (C=O) groups is 1. The summed E-state index contributed by atoms with van der Waals surface area (Å²) in [6.07, 6.45) is 2.42. The first-order valence-electron chi connectivity index (χ1n) is 8.82. The molecule has 0 radical (unpaired) electrons. The lowest BCUT2D eigenvalue weighted by molar-refractivity contribution is 0.0780. The first kappa shape index (κ1) is 16.7. The second-order valence-corrected chi connectivity index (χ2v) is 6.64. The van der Waals surface area contributed by atoms with E-state index in [1.54, 1.807) is 0 Å². The van der Waals surface area contributed by atoms with E-state index < -0.39 is 0 Å². The molecule has 1 heterocycles. The quantitative estimate of drug-likeness (QED) is 0.777. The van der Waals surface area contributed by atoms with E-state index in [0.29, 0.717) is 5.92 Å². The van der Waals surface area contributed by atoms with Crippen LogP contribution in [0, 0.1) is 0 Å². The van der Waals surface area contributed by atoms with Crippen LogP contribution in [0.2, 0.25) is 0 Å². The van der Waals surface area contributed by atoms with Gasteiger partial charge in [0.2, 0.25) is 0 Å². The number of nitrogens with zero attached hydrogens (tertiary/aromatic N) is 2. The van der Waals surface area contributed by atoms with Crippen LogP contribution in [0.1, 0.15) is 34.7 Å². The molecule has 126 valence electrons. The third-order valence-corrected chi connectivity index (χ3v) is 4.88. The fraction of sp³-hybridized carbons (Fsp3) is 0.381. The van der Waals surface area contributed by atoms with Crippen molar-refractivity contribution in [2.75, 3.05) is 33.2 Å². The minimum atomic E-state index is 0.0977. The normalized spacial score (nSPS) is 15.5. The molecule has 1 fully saturated rings. The molecule has 2 aromatic rings. The van der Waals surface area contributed by atoms with Crippen molar-refractivity contribution in [2.45, 2.75) is 18.8 Å². The van der Waals surface area contributed by atoms with Gasteiger partial charge in [-0.05, 0) is 50.2 Å². The van der Waals surface area contributed by atoms with Crippen molar-refractivity contribution in [1.29, 1.82) is 0 Å². The van der Waals surface area contributed by atoms with E-state index in [9.17, 15) is 4.79 Å². The summed E-state index contributed by atoms with van der Waals surface area (Å²) < 4.78 is 0. The van der Waals surface area contributed by atoms with Gasteiger partial charge in [0.1, 0.15) is 0 Å². The van der Waals surface area contributed by atoms with E-state index in [2.05, 4.69) is 35.2 Å². The lowest BCUT2D eigenvalue weighted by atomic mass is 9.94. The molecule has 24 heavy (non-hydrogen) atoms. The monoisotopic (exact) mass is 322 g/mol. The molecule has 1 aliphatic rings. The Hall–Kier alpha value is -2.13. The van der Waals surface area contributed by atoms with Crippen LogP contribution in [0.25, 0.3) is 0 Å². The summed E-state index contributed by atoms with van der Waals surface area (Å²) in [5.41, 5.74) is 2.08. The molecule has 0 saturated carbocycles. The lowest BCUT2D eigenvalue weighted by Crippen LogP contribution is -2.39. The predicted molar refractivity (Wildman–Crippen MR) is 98.3 cm³/mol. The first-order valence-corrected chi connectivity index (χ1v) is 8.82. The summed E-state index contributed by atoms with van der Waals surface area (Å²) in [7, 11) is 1.91. The van der Waals surface area contributed by atoms with E-state index in [1.807, 2.05) is 42.3 Å². The summed E-state index contributed by atoms with van der Waals surface area (Å²) in [4.78, 5) is 17.0. The average Bonchev–Trinajstić information content (AvgIpc) is 2.60. The summed E-state index contributed by atoms with van der Waals surface area (Å²) >= 11 is 0. The van der Waals surface area contributed by atoms with Crippen molar-refractivity contribution >= 4 is 5.91 Å². The summed E-state index contributed by atoms with van der Waals surface area (Å²) in [5, 5.41) is 0. The minimum absolute atomic E-state index is 0.0977. The zero-order valence-corrected chi connectivity index (χ0v) is 14.4. The van der Waals surface area contributed by atoms with Crippen LogP contribution in [-0.4, -0.2) is 48.9 Å². The molecule has 0 aromatic heterocycles. The van der Waals surface area contributed by atoms with Crippen LogP contribution in [0.3, 0.4) is 0 Å². The van der Waals surface area contributed by atoms with Gasteiger partial charge in [-0.2, -0.15) is 0 Å². The van der Waals surface area contributed by atoms with Gasteiger partial charge in [0.05, 0.1) is 0 Å². The molecule has 1 unspecified atom stereocenters. The molecule has 3 rings (SSSR count). The van der Waals surface area contributed by atoms with E-state index in [4.69, 9.17) is 0 Å². The highest BCUT2D eigenvalue weighted by Crippen LogP contribution is 2.23. The Bertz CT molecular complexity index is 637. The largest absolute Gasteiger partial charge is 0.341 e. The maximum atomic E-state index is 12.6. The maximum Gasteiger partial charge on any atom is 0.253 e. The molecule has 1 aliphatic heterocycles. The topological polar surface area (TPSA) is 23.6 Å². The highest BCUT2D eigenvalue weighted by molar-refractivity contribution is 5.94. The Kier molecular flexibility index (Phi) is 5.65. The molecule has 0 bridgehead atoms. The number of amides is 1. The van der Waals surface area contributed by atoms with Gasteiger partial charge in [-0.15, -0.1) is 0 Å². The van der Waals surface area contributed by atoms with Crippen LogP contribution in [0.5, 0.6) is 0 Å². The van der Waals surface area contributed by atoms with Crippen molar-refractivity contribution in [3.63, 3.8) is 0 Å². The highest BCUT2D eigenvalue weighted by atomic mass is 16.2. The number of carbonyl (C=O) groups excluding carboxylic acids is 1. The SMILES string of the molecule is CN(CC(CCN1CCC1)c1ccccc1)C(=O)c1ccccc1. The standard InChI is InChI=1S/C21H26N2O/c1-22(21(24)19-11-6-3-7-12-19)17-20(13-16-23-14-8-15-23)18-9-4-2-5-10-18/h2-7,9-12,20H,8,13-17H2,1H3. The van der Waals surface area contributed by atoms with Crippen molar-refractivity contribution in [3.8, 4) is 0 Å². The van der Waals surface area contributed by atoms with Gasteiger partial charge in [0.15, 0.2) is 0 Å². The van der Waals surface area contributed by atoms with Crippen LogP contribution in [-0.2, 0) is 0 Å². The van der Waals surface area contributed by atoms with Gasteiger partial charge in [0, 0.05) is 25.1 Å². The Balaban J connectivity index is 1.67. The maximum absolute atomic E-state index is 12.6. The smallest absolute Gasteiger partial charge is 0.253 e. The number of hydrogen-bond acceptors (Lipinski definition) is 2. The van der Waals surface area contributed by atoms with Crippen LogP contribution in [0.4, 0.5) is 0 Å². The predicted octanol–water partition coefficient (Wildman–Crippen LogP) is 3.64. The van der Waals surface area contributed by atoms with E-state index in [1.165, 1.54) is 25.1 Å². The van der Waals surface area contributed by atoms with Crippen molar-refractivity contribution in [1.82, 2.24) is 9.80 Å². The van der Waals surface area contributed by atoms with Crippen LogP contribution >= 0.6 is 0 Å². The minimum Gasteiger partial charge on any atom is -0.341 e. The van der Waals surface area contributed by atoms with Crippen LogP contribution < -0.4 is 0 Å². The molecule has 1 saturated heterocycles. The number of likely N-dealkylation sites (tertiary alicyclic amines) is 1. The molecule has 1 amide bonds. The fourth-order valence-electron chi connectivity index (χ4n) is 3.25. The molecule has 1 atom stereocenters. The molecule has 3 nitrogen and oxygen atoms in total. The van der Waals surface area contributed by atoms with Crippen molar-refractivity contribution < 1.29 is 4.79 Å². The molecule has 0 spiro atoms. The highest BCUT2D eigenvalue weighted by Gasteiger charge is 2.21.